The van der Waals surface area contributed by atoms with E-state index in [9.17, 15) is 4.79 Å². The number of hydrogen-bond donors (Lipinski definition) is 1. The highest BCUT2D eigenvalue weighted by Gasteiger charge is 2.22. The molecule has 0 aromatic rings. The molecule has 0 radical (unpaired) electrons. The highest BCUT2D eigenvalue weighted by atomic mass is 79.9. The fourth-order valence-electron chi connectivity index (χ4n) is 0.772. The highest BCUT2D eigenvalue weighted by molar-refractivity contribution is 9.10. The fourth-order valence-corrected chi connectivity index (χ4v) is 1.15. The van der Waals surface area contributed by atoms with Gasteiger partial charge in [-0.3, -0.25) is 4.79 Å². The highest BCUT2D eigenvalue weighted by Crippen LogP contribution is 2.20. The maximum absolute atomic E-state index is 11.6. The number of amides is 1. The van der Waals surface area contributed by atoms with Crippen LogP contribution in [-0.2, 0) is 4.79 Å². The van der Waals surface area contributed by atoms with Gasteiger partial charge in [-0.25, -0.2) is 0 Å². The van der Waals surface area contributed by atoms with E-state index in [-0.39, 0.29) is 15.5 Å². The Morgan fingerprint density at radius 3 is 2.36 bits per heavy atom. The van der Waals surface area contributed by atoms with Crippen molar-refractivity contribution in [3.8, 4) is 0 Å². The van der Waals surface area contributed by atoms with Gasteiger partial charge in [-0.2, -0.15) is 11.8 Å². The van der Waals surface area contributed by atoms with Crippen molar-refractivity contribution in [3.05, 3.63) is 0 Å². The number of hydrogen-bond acceptors (Lipinski definition) is 2. The number of halogens is 1. The molecule has 0 aliphatic carbocycles. The molecule has 0 fully saturated rings. The first kappa shape index (κ1) is 14.3. The quantitative estimate of drug-likeness (QED) is 0.785. The number of nitrogens with one attached hydrogen (secondary N) is 1. The van der Waals surface area contributed by atoms with Crippen molar-refractivity contribution < 1.29 is 4.79 Å². The zero-order valence-electron chi connectivity index (χ0n) is 9.56. The van der Waals surface area contributed by atoms with Crippen molar-refractivity contribution in [2.24, 2.45) is 5.92 Å². The molecule has 2 nitrogen and oxygen atoms in total. The third-order valence-corrected chi connectivity index (χ3v) is 4.80. The summed E-state index contributed by atoms with van der Waals surface area (Å²) >= 11 is 5.14. The Hall–Kier alpha value is 0.300. The average Bonchev–Trinajstić information content (AvgIpc) is 2.13. The monoisotopic (exact) mass is 281 g/mol. The molecule has 1 atom stereocenters. The van der Waals surface area contributed by atoms with Crippen molar-refractivity contribution in [2.75, 3.05) is 12.8 Å². The third-order valence-electron chi connectivity index (χ3n) is 2.08. The van der Waals surface area contributed by atoms with Crippen molar-refractivity contribution in [1.82, 2.24) is 5.32 Å². The molecule has 1 unspecified atom stereocenters. The molecule has 0 saturated carbocycles. The smallest absolute Gasteiger partial charge is 0.234 e. The van der Waals surface area contributed by atoms with Crippen molar-refractivity contribution in [2.45, 2.75) is 37.3 Å². The Morgan fingerprint density at radius 1 is 1.50 bits per heavy atom. The van der Waals surface area contributed by atoms with E-state index in [1.807, 2.05) is 13.8 Å². The van der Waals surface area contributed by atoms with E-state index in [2.05, 4.69) is 41.3 Å². The van der Waals surface area contributed by atoms with Crippen LogP contribution >= 0.6 is 27.7 Å². The van der Waals surface area contributed by atoms with Gasteiger partial charge >= 0.3 is 0 Å². The summed E-state index contributed by atoms with van der Waals surface area (Å²) in [6, 6.07) is 0. The maximum Gasteiger partial charge on any atom is 0.234 e. The van der Waals surface area contributed by atoms with Crippen LogP contribution in [-0.4, -0.2) is 28.3 Å². The first-order chi connectivity index (χ1) is 6.30. The molecule has 0 rings (SSSR count). The Bertz CT molecular complexity index is 195. The summed E-state index contributed by atoms with van der Waals surface area (Å²) in [6.45, 7) is 9.01. The summed E-state index contributed by atoms with van der Waals surface area (Å²) in [4.78, 5) is 11.5. The largest absolute Gasteiger partial charge is 0.354 e. The fraction of sp³-hybridized carbons (Fsp3) is 0.900. The summed E-state index contributed by atoms with van der Waals surface area (Å²) in [5.74, 6) is 0.412. The standard InChI is InChI=1S/C10H20BrNOS/c1-7(2)8(11)9(13)12-6-10(3,4)14-5/h7-8H,6H2,1-5H3,(H,12,13). The number of rotatable bonds is 5. The molecule has 0 heterocycles. The van der Waals surface area contributed by atoms with E-state index in [0.717, 1.165) is 0 Å². The molecule has 14 heavy (non-hydrogen) atoms. The Labute approximate surface area is 99.7 Å². The van der Waals surface area contributed by atoms with E-state index < -0.39 is 0 Å². The summed E-state index contributed by atoms with van der Waals surface area (Å²) in [5, 5.41) is 2.95. The van der Waals surface area contributed by atoms with Gasteiger partial charge in [0.15, 0.2) is 0 Å². The van der Waals surface area contributed by atoms with Crippen LogP contribution in [0.15, 0.2) is 0 Å². The van der Waals surface area contributed by atoms with Gasteiger partial charge in [-0.15, -0.1) is 0 Å². The average molecular weight is 282 g/mol. The van der Waals surface area contributed by atoms with Crippen LogP contribution in [0, 0.1) is 5.92 Å². The second-order valence-electron chi connectivity index (χ2n) is 4.33. The number of thioether (sulfide) groups is 1. The van der Waals surface area contributed by atoms with Gasteiger partial charge in [0, 0.05) is 11.3 Å². The van der Waals surface area contributed by atoms with Crippen molar-refractivity contribution >= 4 is 33.6 Å². The summed E-state index contributed by atoms with van der Waals surface area (Å²) in [5.41, 5.74) is 0. The predicted molar refractivity (Wildman–Crippen MR) is 68.2 cm³/mol. The van der Waals surface area contributed by atoms with Crippen LogP contribution in [0.25, 0.3) is 0 Å². The molecule has 0 spiro atoms. The van der Waals surface area contributed by atoms with Gasteiger partial charge in [0.05, 0.1) is 4.83 Å². The molecule has 0 aliphatic heterocycles. The molecule has 0 bridgehead atoms. The molecule has 1 amide bonds. The third kappa shape index (κ3) is 5.25. The summed E-state index contributed by atoms with van der Waals surface area (Å²) < 4.78 is 0.110. The lowest BCUT2D eigenvalue weighted by Gasteiger charge is -2.23. The molecular weight excluding hydrogens is 262 g/mol. The molecule has 0 aliphatic rings. The van der Waals surface area contributed by atoms with Gasteiger partial charge in [0.2, 0.25) is 5.91 Å². The van der Waals surface area contributed by atoms with Gasteiger partial charge in [0.25, 0.3) is 0 Å². The van der Waals surface area contributed by atoms with Gasteiger partial charge in [0.1, 0.15) is 0 Å². The van der Waals surface area contributed by atoms with E-state index in [4.69, 9.17) is 0 Å². The second kappa shape index (κ2) is 6.01. The minimum atomic E-state index is -0.0832. The Kier molecular flexibility index (Phi) is 6.14. The van der Waals surface area contributed by atoms with Crippen LogP contribution in [0.2, 0.25) is 0 Å². The molecule has 84 valence electrons. The lowest BCUT2D eigenvalue weighted by molar-refractivity contribution is -0.121. The molecular formula is C10H20BrNOS. The SMILES string of the molecule is CSC(C)(C)CNC(=O)C(Br)C(C)C. The van der Waals surface area contributed by atoms with E-state index >= 15 is 0 Å². The van der Waals surface area contributed by atoms with Gasteiger partial charge < -0.3 is 5.32 Å². The summed E-state index contributed by atoms with van der Waals surface area (Å²) in [7, 11) is 0. The molecule has 0 aromatic carbocycles. The Morgan fingerprint density at radius 2 is 2.00 bits per heavy atom. The van der Waals surface area contributed by atoms with Crippen LogP contribution in [0.5, 0.6) is 0 Å². The van der Waals surface area contributed by atoms with Crippen LogP contribution < -0.4 is 5.32 Å². The zero-order valence-corrected chi connectivity index (χ0v) is 12.0. The molecule has 1 N–H and O–H groups in total. The first-order valence-corrected chi connectivity index (χ1v) is 6.91. The van der Waals surface area contributed by atoms with Crippen LogP contribution in [0.4, 0.5) is 0 Å². The van der Waals surface area contributed by atoms with Crippen molar-refractivity contribution in [1.29, 1.82) is 0 Å². The lowest BCUT2D eigenvalue weighted by Crippen LogP contribution is -2.41. The van der Waals surface area contributed by atoms with Gasteiger partial charge in [-0.05, 0) is 26.0 Å². The molecule has 0 aromatic heterocycles. The van der Waals surface area contributed by atoms with Crippen molar-refractivity contribution in [3.63, 3.8) is 0 Å². The van der Waals surface area contributed by atoms with Crippen LogP contribution in [0.3, 0.4) is 0 Å². The maximum atomic E-state index is 11.6. The summed E-state index contributed by atoms with van der Waals surface area (Å²) in [6.07, 6.45) is 2.06. The normalized spacial score (nSPS) is 14.2. The minimum absolute atomic E-state index is 0.0832. The first-order valence-electron chi connectivity index (χ1n) is 4.77. The number of alkyl halides is 1. The van der Waals surface area contributed by atoms with E-state index in [1.54, 1.807) is 11.8 Å². The second-order valence-corrected chi connectivity index (χ2v) is 6.83. The van der Waals surface area contributed by atoms with E-state index in [1.165, 1.54) is 0 Å². The van der Waals surface area contributed by atoms with Gasteiger partial charge in [-0.1, -0.05) is 29.8 Å². The molecule has 0 saturated heterocycles. The number of carbonyl (C=O) groups is 1. The van der Waals surface area contributed by atoms with Crippen LogP contribution in [0.1, 0.15) is 27.7 Å². The molecule has 4 heteroatoms. The lowest BCUT2D eigenvalue weighted by atomic mass is 10.1. The topological polar surface area (TPSA) is 29.1 Å². The predicted octanol–water partition coefficient (Wildman–Crippen LogP) is 2.66. The minimum Gasteiger partial charge on any atom is -0.354 e. The Balaban J connectivity index is 3.97. The van der Waals surface area contributed by atoms with E-state index in [0.29, 0.717) is 12.5 Å². The number of carbonyl (C=O) groups excluding carboxylic acids is 1. The zero-order chi connectivity index (χ0) is 11.4.